The topological polar surface area (TPSA) is 32.8 Å². The average molecular weight is 496 g/mol. The summed E-state index contributed by atoms with van der Waals surface area (Å²) in [6, 6.07) is 9.79. The molecule has 1 unspecified atom stereocenters. The van der Waals surface area contributed by atoms with E-state index in [0.717, 1.165) is 5.56 Å². The minimum Gasteiger partial charge on any atom is -0.297 e. The van der Waals surface area contributed by atoms with Gasteiger partial charge in [0.05, 0.1) is 0 Å². The summed E-state index contributed by atoms with van der Waals surface area (Å²) >= 11 is 25.5. The van der Waals surface area contributed by atoms with Crippen LogP contribution in [0.3, 0.4) is 0 Å². The second-order valence-corrected chi connectivity index (χ2v) is 10.4. The minimum absolute atomic E-state index is 0.318. The second kappa shape index (κ2) is 14.8. The third-order valence-corrected chi connectivity index (χ3v) is 7.91. The summed E-state index contributed by atoms with van der Waals surface area (Å²) in [6.45, 7) is 1.58. The molecule has 1 atom stereocenters. The number of alkyl halides is 4. The monoisotopic (exact) mass is 494 g/mol. The van der Waals surface area contributed by atoms with Gasteiger partial charge in [0.1, 0.15) is 6.10 Å². The van der Waals surface area contributed by atoms with Gasteiger partial charge in [0.2, 0.25) is 0 Å². The van der Waals surface area contributed by atoms with Crippen LogP contribution >= 0.6 is 65.8 Å². The molecule has 0 heterocycles. The Balaban J connectivity index is 3.29. The molecule has 0 N–H and O–H groups in total. The molecular weight excluding hydrogens is 469 g/mol. The maximum atomic E-state index is 14.2. The van der Waals surface area contributed by atoms with Crippen molar-refractivity contribution >= 4 is 65.8 Å². The quantitative estimate of drug-likeness (QED) is 0.227. The molecule has 1 aromatic rings. The van der Waals surface area contributed by atoms with Gasteiger partial charge in [-0.2, -0.15) is 11.8 Å². The molecule has 0 saturated heterocycles. The molecule has 0 fully saturated rings. The Morgan fingerprint density at radius 3 is 1.74 bits per heavy atom. The van der Waals surface area contributed by atoms with Crippen molar-refractivity contribution < 1.29 is 9.09 Å². The fourth-order valence-corrected chi connectivity index (χ4v) is 7.12. The lowest BCUT2D eigenvalue weighted by Gasteiger charge is -2.39. The Morgan fingerprint density at radius 1 is 0.926 bits per heavy atom. The van der Waals surface area contributed by atoms with Crippen molar-refractivity contribution in [2.75, 3.05) is 61.7 Å². The van der Waals surface area contributed by atoms with Gasteiger partial charge >= 0.3 is 7.67 Å². The molecule has 0 aliphatic carbocycles. The van der Waals surface area contributed by atoms with Gasteiger partial charge in [-0.05, 0) is 11.8 Å². The first kappa shape index (κ1) is 25.9. The van der Waals surface area contributed by atoms with Crippen molar-refractivity contribution in [1.29, 1.82) is 0 Å². The molecule has 0 aliphatic rings. The Kier molecular flexibility index (Phi) is 14.1. The molecule has 27 heavy (non-hydrogen) atoms. The van der Waals surface area contributed by atoms with Crippen LogP contribution in [0, 0.1) is 0 Å². The maximum absolute atomic E-state index is 14.2. The van der Waals surface area contributed by atoms with Gasteiger partial charge in [0.25, 0.3) is 0 Å². The van der Waals surface area contributed by atoms with E-state index in [9.17, 15) is 4.57 Å². The molecule has 1 rings (SSSR count). The lowest BCUT2D eigenvalue weighted by atomic mass is 10.1. The summed E-state index contributed by atoms with van der Waals surface area (Å²) in [5.41, 5.74) is 0.973. The van der Waals surface area contributed by atoms with Crippen LogP contribution in [0.15, 0.2) is 30.3 Å². The predicted molar refractivity (Wildman–Crippen MR) is 122 cm³/mol. The smallest absolute Gasteiger partial charge is 0.297 e. The van der Waals surface area contributed by atoms with Crippen LogP contribution < -0.4 is 0 Å². The SMILES string of the molecule is CSCC(OP(=O)(N(CCCl)CCCl)N(CCCl)CCCl)c1ccccc1. The predicted octanol–water partition coefficient (Wildman–Crippen LogP) is 5.77. The molecule has 10 heteroatoms. The first-order valence-corrected chi connectivity index (χ1v) is 13.7. The van der Waals surface area contributed by atoms with E-state index in [1.807, 2.05) is 36.6 Å². The third kappa shape index (κ3) is 8.24. The second-order valence-electron chi connectivity index (χ2n) is 5.61. The number of nitrogens with zero attached hydrogens (tertiary/aromatic N) is 2. The summed E-state index contributed by atoms with van der Waals surface area (Å²) < 4.78 is 24.0. The standard InChI is InChI=1S/C17H27Cl4N2O2PS/c1-27-15-17(16-5-3-2-4-6-16)25-26(24,22(11-7-18)12-8-19)23(13-9-20)14-10-21/h2-6,17H,7-15H2,1H3. The molecule has 0 saturated carbocycles. The molecule has 0 radical (unpaired) electrons. The molecule has 0 aliphatic heterocycles. The van der Waals surface area contributed by atoms with Crippen LogP contribution in [0.25, 0.3) is 0 Å². The van der Waals surface area contributed by atoms with E-state index in [2.05, 4.69) is 0 Å². The van der Waals surface area contributed by atoms with Gasteiger partial charge in [0.15, 0.2) is 0 Å². The van der Waals surface area contributed by atoms with E-state index in [1.165, 1.54) is 0 Å². The number of thioether (sulfide) groups is 1. The highest BCUT2D eigenvalue weighted by Crippen LogP contribution is 2.57. The summed E-state index contributed by atoms with van der Waals surface area (Å²) in [4.78, 5) is 0. The highest BCUT2D eigenvalue weighted by atomic mass is 35.5. The van der Waals surface area contributed by atoms with Crippen molar-refractivity contribution in [3.63, 3.8) is 0 Å². The number of hydrogen-bond donors (Lipinski definition) is 0. The van der Waals surface area contributed by atoms with Crippen molar-refractivity contribution in [2.24, 2.45) is 0 Å². The average Bonchev–Trinajstić information content (AvgIpc) is 2.68. The highest BCUT2D eigenvalue weighted by molar-refractivity contribution is 7.98. The van der Waals surface area contributed by atoms with Crippen LogP contribution in [-0.4, -0.2) is 71.0 Å². The molecule has 156 valence electrons. The zero-order valence-corrected chi connectivity index (χ0v) is 20.1. The molecule has 4 nitrogen and oxygen atoms in total. The summed E-state index contributed by atoms with van der Waals surface area (Å²) in [6.07, 6.45) is 1.66. The normalized spacial score (nSPS) is 13.4. The molecule has 1 aromatic carbocycles. The first-order valence-electron chi connectivity index (χ1n) is 8.64. The summed E-state index contributed by atoms with van der Waals surface area (Å²) in [7, 11) is -3.44. The number of halogens is 4. The maximum Gasteiger partial charge on any atom is 0.346 e. The van der Waals surface area contributed by atoms with E-state index in [0.29, 0.717) is 55.5 Å². The van der Waals surface area contributed by atoms with Gasteiger partial charge in [0, 0.05) is 55.5 Å². The Morgan fingerprint density at radius 2 is 1.37 bits per heavy atom. The van der Waals surface area contributed by atoms with Gasteiger partial charge in [-0.25, -0.2) is 9.34 Å². The lowest BCUT2D eigenvalue weighted by Crippen LogP contribution is -2.38. The Bertz CT molecular complexity index is 527. The molecule has 0 aromatic heterocycles. The van der Waals surface area contributed by atoms with Crippen molar-refractivity contribution in [1.82, 2.24) is 9.34 Å². The third-order valence-electron chi connectivity index (χ3n) is 3.84. The fraction of sp³-hybridized carbons (Fsp3) is 0.647. The van der Waals surface area contributed by atoms with Gasteiger partial charge < -0.3 is 0 Å². The van der Waals surface area contributed by atoms with Crippen LogP contribution in [0.5, 0.6) is 0 Å². The molecular formula is C17H27Cl4N2O2PS. The van der Waals surface area contributed by atoms with Gasteiger partial charge in [-0.1, -0.05) is 30.3 Å². The highest BCUT2D eigenvalue weighted by Gasteiger charge is 2.40. The number of hydrogen-bond acceptors (Lipinski definition) is 3. The van der Waals surface area contributed by atoms with E-state index >= 15 is 0 Å². The van der Waals surface area contributed by atoms with Crippen LogP contribution in [-0.2, 0) is 9.09 Å². The van der Waals surface area contributed by atoms with Crippen molar-refractivity contribution in [3.05, 3.63) is 35.9 Å². The number of rotatable bonds is 15. The van der Waals surface area contributed by atoms with E-state index in [4.69, 9.17) is 50.9 Å². The largest absolute Gasteiger partial charge is 0.346 e. The van der Waals surface area contributed by atoms with Crippen molar-refractivity contribution in [3.8, 4) is 0 Å². The lowest BCUT2D eigenvalue weighted by molar-refractivity contribution is 0.166. The van der Waals surface area contributed by atoms with Gasteiger partial charge in [-0.15, -0.1) is 46.4 Å². The molecule has 0 spiro atoms. The zero-order valence-electron chi connectivity index (χ0n) is 15.4. The molecule has 0 bridgehead atoms. The van der Waals surface area contributed by atoms with E-state index < -0.39 is 7.67 Å². The Labute approximate surface area is 187 Å². The number of benzene rings is 1. The van der Waals surface area contributed by atoms with Crippen LogP contribution in [0.1, 0.15) is 11.7 Å². The summed E-state index contributed by atoms with van der Waals surface area (Å²) in [5, 5.41) is 0. The molecule has 0 amide bonds. The Hall–Kier alpha value is 0.840. The fourth-order valence-electron chi connectivity index (χ4n) is 2.60. The minimum atomic E-state index is -3.44. The summed E-state index contributed by atoms with van der Waals surface area (Å²) in [5.74, 6) is 1.94. The zero-order chi connectivity index (χ0) is 20.1. The van der Waals surface area contributed by atoms with Crippen LogP contribution in [0.2, 0.25) is 0 Å². The van der Waals surface area contributed by atoms with Gasteiger partial charge in [-0.3, -0.25) is 9.09 Å². The van der Waals surface area contributed by atoms with E-state index in [-0.39, 0.29) is 6.10 Å². The first-order chi connectivity index (χ1) is 13.1. The van der Waals surface area contributed by atoms with Crippen molar-refractivity contribution in [2.45, 2.75) is 6.10 Å². The van der Waals surface area contributed by atoms with Crippen LogP contribution in [0.4, 0.5) is 0 Å². The van der Waals surface area contributed by atoms with E-state index in [1.54, 1.807) is 21.1 Å².